The molecule has 3 rings (SSSR count). The summed E-state index contributed by atoms with van der Waals surface area (Å²) in [4.78, 5) is 0. The van der Waals surface area contributed by atoms with E-state index in [1.807, 2.05) is 29.8 Å². The van der Waals surface area contributed by atoms with Crippen molar-refractivity contribution < 1.29 is 5.11 Å². The fourth-order valence-electron chi connectivity index (χ4n) is 2.67. The third kappa shape index (κ3) is 3.35. The summed E-state index contributed by atoms with van der Waals surface area (Å²) in [6.45, 7) is 4.47. The van der Waals surface area contributed by atoms with Crippen LogP contribution in [0.15, 0.2) is 30.3 Å². The highest BCUT2D eigenvalue weighted by Crippen LogP contribution is 2.44. The van der Waals surface area contributed by atoms with Crippen LogP contribution < -0.4 is 5.32 Å². The van der Waals surface area contributed by atoms with Gasteiger partial charge in [0.15, 0.2) is 0 Å². The van der Waals surface area contributed by atoms with Crippen molar-refractivity contribution in [1.29, 1.82) is 0 Å². The van der Waals surface area contributed by atoms with Gasteiger partial charge in [0.25, 0.3) is 0 Å². The number of nitrogens with one attached hydrogen (secondary N) is 1. The van der Waals surface area contributed by atoms with Gasteiger partial charge in [0, 0.05) is 30.7 Å². The number of aliphatic hydroxyl groups is 1. The maximum absolute atomic E-state index is 9.35. The zero-order chi connectivity index (χ0) is 15.6. The first-order valence-corrected chi connectivity index (χ1v) is 8.09. The molecular weight excluding hydrogens is 298 g/mol. The zero-order valence-corrected chi connectivity index (χ0v) is 13.6. The van der Waals surface area contributed by atoms with E-state index < -0.39 is 0 Å². The second-order valence-electron chi connectivity index (χ2n) is 6.26. The average Bonchev–Trinajstić information content (AvgIpc) is 3.26. The highest BCUT2D eigenvalue weighted by molar-refractivity contribution is 6.30. The number of rotatable bonds is 7. The average molecular weight is 320 g/mol. The largest absolute Gasteiger partial charge is 0.396 e. The van der Waals surface area contributed by atoms with Gasteiger partial charge < -0.3 is 10.4 Å². The maximum atomic E-state index is 9.35. The zero-order valence-electron chi connectivity index (χ0n) is 12.8. The molecule has 0 atom stereocenters. The summed E-state index contributed by atoms with van der Waals surface area (Å²) in [6, 6.07) is 10.2. The van der Waals surface area contributed by atoms with E-state index in [2.05, 4.69) is 22.5 Å². The van der Waals surface area contributed by atoms with Crippen molar-refractivity contribution in [2.45, 2.75) is 32.9 Å². The summed E-state index contributed by atoms with van der Waals surface area (Å²) in [5.74, 6) is 0. The molecule has 1 aliphatic carbocycles. The second-order valence-corrected chi connectivity index (χ2v) is 6.62. The fraction of sp³-hybridized carbons (Fsp3) is 0.471. The van der Waals surface area contributed by atoms with Crippen LogP contribution in [-0.2, 0) is 13.1 Å². The lowest BCUT2D eigenvalue weighted by atomic mass is 10.1. The number of aromatic nitrogens is 2. The van der Waals surface area contributed by atoms with E-state index in [1.165, 1.54) is 5.56 Å². The molecule has 2 aromatic rings. The van der Waals surface area contributed by atoms with Crippen molar-refractivity contribution in [3.8, 4) is 0 Å². The first kappa shape index (κ1) is 15.5. The first-order valence-electron chi connectivity index (χ1n) is 7.71. The summed E-state index contributed by atoms with van der Waals surface area (Å²) in [6.07, 6.45) is 2.22. The SMILES string of the molecule is Cc1nn(Cc2ccccc2)c(Cl)c1CNCC1(CO)CC1. The summed E-state index contributed by atoms with van der Waals surface area (Å²) >= 11 is 6.49. The molecule has 1 fully saturated rings. The van der Waals surface area contributed by atoms with Crippen molar-refractivity contribution in [2.24, 2.45) is 5.41 Å². The van der Waals surface area contributed by atoms with Gasteiger partial charge in [0.1, 0.15) is 5.15 Å². The normalized spacial score (nSPS) is 16.0. The molecule has 0 spiro atoms. The number of aryl methyl sites for hydroxylation is 1. The van der Waals surface area contributed by atoms with E-state index in [4.69, 9.17) is 11.6 Å². The van der Waals surface area contributed by atoms with Gasteiger partial charge in [0.05, 0.1) is 12.2 Å². The van der Waals surface area contributed by atoms with Gasteiger partial charge in [-0.2, -0.15) is 5.10 Å². The van der Waals surface area contributed by atoms with Gasteiger partial charge in [-0.3, -0.25) is 0 Å². The van der Waals surface area contributed by atoms with Crippen molar-refractivity contribution in [3.05, 3.63) is 52.3 Å². The molecule has 0 unspecified atom stereocenters. The summed E-state index contributed by atoms with van der Waals surface area (Å²) < 4.78 is 1.85. The molecule has 1 aromatic heterocycles. The highest BCUT2D eigenvalue weighted by Gasteiger charge is 2.41. The van der Waals surface area contributed by atoms with Crippen LogP contribution in [0.1, 0.15) is 29.7 Å². The lowest BCUT2D eigenvalue weighted by Crippen LogP contribution is -2.26. The number of aliphatic hydroxyl groups excluding tert-OH is 1. The van der Waals surface area contributed by atoms with Crippen LogP contribution in [0.3, 0.4) is 0 Å². The maximum Gasteiger partial charge on any atom is 0.132 e. The fourth-order valence-corrected chi connectivity index (χ4v) is 2.97. The van der Waals surface area contributed by atoms with Crippen molar-refractivity contribution in [1.82, 2.24) is 15.1 Å². The standard InChI is InChI=1S/C17H22ClN3O/c1-13-15(9-19-11-17(12-22)7-8-17)16(18)21(20-13)10-14-5-3-2-4-6-14/h2-6,19,22H,7-12H2,1H3. The molecular formula is C17H22ClN3O. The molecule has 0 aliphatic heterocycles. The Morgan fingerprint density at radius 2 is 2.05 bits per heavy atom. The molecule has 5 heteroatoms. The number of hydrogen-bond donors (Lipinski definition) is 2. The third-order valence-electron chi connectivity index (χ3n) is 4.45. The molecule has 118 valence electrons. The van der Waals surface area contributed by atoms with E-state index in [0.717, 1.165) is 30.6 Å². The number of nitrogens with zero attached hydrogens (tertiary/aromatic N) is 2. The van der Waals surface area contributed by atoms with E-state index in [0.29, 0.717) is 18.2 Å². The molecule has 1 aromatic carbocycles. The molecule has 4 nitrogen and oxygen atoms in total. The number of hydrogen-bond acceptors (Lipinski definition) is 3. The van der Waals surface area contributed by atoms with Gasteiger partial charge in [-0.25, -0.2) is 4.68 Å². The molecule has 2 N–H and O–H groups in total. The van der Waals surface area contributed by atoms with Crippen LogP contribution >= 0.6 is 11.6 Å². The Kier molecular flexibility index (Phi) is 4.52. The van der Waals surface area contributed by atoms with Crippen LogP contribution in [0.5, 0.6) is 0 Å². The van der Waals surface area contributed by atoms with E-state index in [9.17, 15) is 5.11 Å². The van der Waals surface area contributed by atoms with Gasteiger partial charge in [0.2, 0.25) is 0 Å². The lowest BCUT2D eigenvalue weighted by molar-refractivity contribution is 0.207. The van der Waals surface area contributed by atoms with Gasteiger partial charge in [-0.15, -0.1) is 0 Å². The van der Waals surface area contributed by atoms with Crippen LogP contribution in [-0.4, -0.2) is 28.0 Å². The third-order valence-corrected chi connectivity index (χ3v) is 4.88. The van der Waals surface area contributed by atoms with Gasteiger partial charge >= 0.3 is 0 Å². The van der Waals surface area contributed by atoms with E-state index in [1.54, 1.807) is 0 Å². The summed E-state index contributed by atoms with van der Waals surface area (Å²) in [5, 5.41) is 18.0. The minimum Gasteiger partial charge on any atom is -0.396 e. The Labute approximate surface area is 136 Å². The molecule has 1 heterocycles. The Hall–Kier alpha value is -1.36. The van der Waals surface area contributed by atoms with Crippen molar-refractivity contribution in [2.75, 3.05) is 13.2 Å². The second kappa shape index (κ2) is 6.41. The molecule has 0 amide bonds. The number of benzene rings is 1. The minimum absolute atomic E-state index is 0.112. The molecule has 1 saturated carbocycles. The Bertz CT molecular complexity index is 635. The van der Waals surface area contributed by atoms with E-state index >= 15 is 0 Å². The molecule has 1 aliphatic rings. The quantitative estimate of drug-likeness (QED) is 0.825. The molecule has 0 radical (unpaired) electrons. The molecule has 0 bridgehead atoms. The van der Waals surface area contributed by atoms with Gasteiger partial charge in [-0.05, 0) is 25.3 Å². The van der Waals surface area contributed by atoms with E-state index in [-0.39, 0.29) is 12.0 Å². The Morgan fingerprint density at radius 3 is 2.68 bits per heavy atom. The van der Waals surface area contributed by atoms with Crippen LogP contribution in [0.4, 0.5) is 0 Å². The van der Waals surface area contributed by atoms with Crippen LogP contribution in [0.25, 0.3) is 0 Å². The molecule has 0 saturated heterocycles. The summed E-state index contributed by atoms with van der Waals surface area (Å²) in [5.41, 5.74) is 3.30. The molecule has 22 heavy (non-hydrogen) atoms. The Morgan fingerprint density at radius 1 is 1.32 bits per heavy atom. The lowest BCUT2D eigenvalue weighted by Gasteiger charge is -2.12. The summed E-state index contributed by atoms with van der Waals surface area (Å²) in [7, 11) is 0. The van der Waals surface area contributed by atoms with Gasteiger partial charge in [-0.1, -0.05) is 41.9 Å². The predicted molar refractivity (Wildman–Crippen MR) is 88.0 cm³/mol. The monoisotopic (exact) mass is 319 g/mol. The smallest absolute Gasteiger partial charge is 0.132 e. The minimum atomic E-state index is 0.112. The number of halogens is 1. The van der Waals surface area contributed by atoms with Crippen LogP contribution in [0, 0.1) is 12.3 Å². The van der Waals surface area contributed by atoms with Crippen molar-refractivity contribution in [3.63, 3.8) is 0 Å². The first-order chi connectivity index (χ1) is 10.6. The van der Waals surface area contributed by atoms with Crippen molar-refractivity contribution >= 4 is 11.6 Å². The highest BCUT2D eigenvalue weighted by atomic mass is 35.5. The Balaban J connectivity index is 1.65. The topological polar surface area (TPSA) is 50.1 Å². The van der Waals surface area contributed by atoms with Crippen LogP contribution in [0.2, 0.25) is 5.15 Å². The predicted octanol–water partition coefficient (Wildman–Crippen LogP) is 2.76.